The van der Waals surface area contributed by atoms with Gasteiger partial charge in [-0.15, -0.1) is 4.79 Å². The third-order valence-electron chi connectivity index (χ3n) is 8.34. The molecular formula is C37H58N2O6S2. The highest BCUT2D eigenvalue weighted by Crippen LogP contribution is 2.24. The van der Waals surface area contributed by atoms with Crippen LogP contribution in [0.1, 0.15) is 142 Å². The summed E-state index contributed by atoms with van der Waals surface area (Å²) in [5.74, 6) is 0.970. The minimum atomic E-state index is -4.64. The fraction of sp³-hybridized carbons (Fsp3) is 0.649. The van der Waals surface area contributed by atoms with Gasteiger partial charge in [0.15, 0.2) is 0 Å². The molecule has 47 heavy (non-hydrogen) atoms. The van der Waals surface area contributed by atoms with Crippen LogP contribution in [-0.4, -0.2) is 39.2 Å². The van der Waals surface area contributed by atoms with Crippen molar-refractivity contribution in [2.24, 2.45) is 0 Å². The third kappa shape index (κ3) is 15.4. The highest BCUT2D eigenvalue weighted by atomic mass is 32.3. The van der Waals surface area contributed by atoms with Crippen molar-refractivity contribution in [3.05, 3.63) is 54.1 Å². The molecule has 2 rings (SSSR count). The second-order valence-electron chi connectivity index (χ2n) is 12.4. The molecule has 0 aliphatic rings. The molecule has 0 atom stereocenters. The predicted octanol–water partition coefficient (Wildman–Crippen LogP) is 10.1. The minimum Gasteiger partial charge on any atom is -0.494 e. The lowest BCUT2D eigenvalue weighted by Crippen LogP contribution is -2.26. The Morgan fingerprint density at radius 1 is 0.489 bits per heavy atom. The molecule has 0 saturated carbocycles. The number of sulfone groups is 2. The van der Waals surface area contributed by atoms with Gasteiger partial charge in [-0.05, 0) is 61.4 Å². The minimum absolute atomic E-state index is 0.309. The Kier molecular flexibility index (Phi) is 20.3. The molecule has 0 amide bonds. The van der Waals surface area contributed by atoms with Crippen molar-refractivity contribution in [2.45, 2.75) is 152 Å². The van der Waals surface area contributed by atoms with Crippen molar-refractivity contribution in [1.82, 2.24) is 0 Å². The number of hydrogen-bond acceptors (Lipinski definition) is 6. The number of benzene rings is 2. The van der Waals surface area contributed by atoms with Gasteiger partial charge in [-0.1, -0.05) is 129 Å². The van der Waals surface area contributed by atoms with E-state index >= 15 is 0 Å². The van der Waals surface area contributed by atoms with Crippen molar-refractivity contribution < 1.29 is 31.1 Å². The van der Waals surface area contributed by atoms with Gasteiger partial charge < -0.3 is 15.0 Å². The molecule has 0 aromatic heterocycles. The Hall–Kier alpha value is -2.68. The fourth-order valence-electron chi connectivity index (χ4n) is 5.44. The normalized spacial score (nSPS) is 11.7. The summed E-state index contributed by atoms with van der Waals surface area (Å²) in [7, 11) is -9.28. The molecule has 2 aromatic rings. The standard InChI is InChI=1S/C37H58N2O6S2/c1-3-5-7-9-11-13-15-17-19-21-31-44-33-23-27-35(28-24-33)46(40,41)37(39-38)47(42,43)36-29-25-34(26-30-36)45-32-22-20-18-16-14-12-10-8-6-4-2/h23-30H,3-22,31-32H2,1-2H3. The summed E-state index contributed by atoms with van der Waals surface area (Å²) in [6.45, 7) is 5.48. The van der Waals surface area contributed by atoms with E-state index in [0.717, 1.165) is 25.7 Å². The van der Waals surface area contributed by atoms with E-state index in [4.69, 9.17) is 9.47 Å². The lowest BCUT2D eigenvalue weighted by molar-refractivity contribution is 0.00380. The average Bonchev–Trinajstić information content (AvgIpc) is 3.06. The van der Waals surface area contributed by atoms with Crippen LogP contribution in [0, 0.1) is 0 Å². The Morgan fingerprint density at radius 3 is 1.04 bits per heavy atom. The third-order valence-corrected chi connectivity index (χ3v) is 12.5. The number of rotatable bonds is 26. The van der Waals surface area contributed by atoms with Gasteiger partial charge in [-0.2, -0.15) is 0 Å². The van der Waals surface area contributed by atoms with Gasteiger partial charge in [0.1, 0.15) is 11.5 Å². The summed E-state index contributed by atoms with van der Waals surface area (Å²) < 4.78 is 63.0. The summed E-state index contributed by atoms with van der Waals surface area (Å²) in [6, 6.07) is 10.9. The molecule has 0 heterocycles. The number of hydrogen-bond donors (Lipinski definition) is 0. The maximum atomic E-state index is 13.2. The van der Waals surface area contributed by atoms with E-state index in [1.807, 2.05) is 0 Å². The number of ether oxygens (including phenoxy) is 2. The molecule has 0 N–H and O–H groups in total. The van der Waals surface area contributed by atoms with Crippen LogP contribution in [0.4, 0.5) is 0 Å². The van der Waals surface area contributed by atoms with Crippen molar-refractivity contribution in [1.29, 1.82) is 0 Å². The van der Waals surface area contributed by atoms with Gasteiger partial charge in [0, 0.05) is 0 Å². The van der Waals surface area contributed by atoms with Crippen LogP contribution < -0.4 is 9.47 Å². The van der Waals surface area contributed by atoms with E-state index in [0.29, 0.717) is 24.7 Å². The average molecular weight is 691 g/mol. The zero-order chi connectivity index (χ0) is 34.2. The quantitative estimate of drug-likeness (QED) is 0.0318. The molecule has 8 nitrogen and oxygen atoms in total. The van der Waals surface area contributed by atoms with E-state index in [2.05, 4.69) is 18.6 Å². The Labute approximate surface area is 285 Å². The molecule has 264 valence electrons. The molecule has 2 aromatic carbocycles. The second-order valence-corrected chi connectivity index (χ2v) is 16.4. The smallest absolute Gasteiger partial charge is 0.494 e. The molecule has 0 fully saturated rings. The molecule has 0 spiro atoms. The first kappa shape index (κ1) is 40.5. The molecule has 0 bridgehead atoms. The summed E-state index contributed by atoms with van der Waals surface area (Å²) in [4.78, 5) is 2.11. The Balaban J connectivity index is 1.78. The molecular weight excluding hydrogens is 633 g/mol. The summed E-state index contributed by atoms with van der Waals surface area (Å²) in [6.07, 6.45) is 24.4. The second kappa shape index (κ2) is 23.6. The van der Waals surface area contributed by atoms with E-state index in [1.54, 1.807) is 0 Å². The van der Waals surface area contributed by atoms with Gasteiger partial charge in [0.2, 0.25) is 0 Å². The largest absolute Gasteiger partial charge is 0.504 e. The van der Waals surface area contributed by atoms with Crippen molar-refractivity contribution in [2.75, 3.05) is 13.2 Å². The first-order valence-electron chi connectivity index (χ1n) is 17.9. The van der Waals surface area contributed by atoms with Crippen LogP contribution in [-0.2, 0) is 19.7 Å². The fourth-order valence-corrected chi connectivity index (χ4v) is 8.78. The zero-order valence-electron chi connectivity index (χ0n) is 28.8. The van der Waals surface area contributed by atoms with Crippen LogP contribution in [0.5, 0.6) is 11.5 Å². The van der Waals surface area contributed by atoms with Crippen molar-refractivity contribution in [3.8, 4) is 11.5 Å². The molecule has 0 aliphatic carbocycles. The van der Waals surface area contributed by atoms with Crippen LogP contribution in [0.15, 0.2) is 58.3 Å². The molecule has 0 radical (unpaired) electrons. The van der Waals surface area contributed by atoms with Crippen LogP contribution in [0.2, 0.25) is 0 Å². The van der Waals surface area contributed by atoms with E-state index in [9.17, 15) is 22.4 Å². The van der Waals surface area contributed by atoms with Gasteiger partial charge in [0.25, 0.3) is 19.7 Å². The van der Waals surface area contributed by atoms with Gasteiger partial charge in [-0.3, -0.25) is 0 Å². The molecule has 0 saturated heterocycles. The topological polar surface area (TPSA) is 123 Å². The van der Waals surface area contributed by atoms with Gasteiger partial charge >= 0.3 is 4.38 Å². The molecule has 10 heteroatoms. The molecule has 0 unspecified atom stereocenters. The van der Waals surface area contributed by atoms with Crippen molar-refractivity contribution in [3.63, 3.8) is 0 Å². The summed E-state index contributed by atoms with van der Waals surface area (Å²) in [5.41, 5.74) is 9.55. The molecule has 0 aliphatic heterocycles. The first-order valence-corrected chi connectivity index (χ1v) is 20.9. The highest BCUT2D eigenvalue weighted by Gasteiger charge is 2.44. The van der Waals surface area contributed by atoms with Gasteiger partial charge in [0.05, 0.1) is 23.0 Å². The zero-order valence-corrected chi connectivity index (χ0v) is 30.5. The van der Waals surface area contributed by atoms with Crippen LogP contribution >= 0.6 is 0 Å². The summed E-state index contributed by atoms with van der Waals surface area (Å²) in [5, 5.41) is 0. The SMILES string of the molecule is CCCCCCCCCCCCOc1ccc(S(=O)(=O)C(=[N+]=[N-])S(=O)(=O)c2ccc(OCCCCCCCCCCCC)cc2)cc1. The maximum absolute atomic E-state index is 13.2. The van der Waals surface area contributed by atoms with Crippen LogP contribution in [0.25, 0.3) is 5.53 Å². The predicted molar refractivity (Wildman–Crippen MR) is 191 cm³/mol. The lowest BCUT2D eigenvalue weighted by atomic mass is 10.1. The number of nitrogens with zero attached hydrogens (tertiary/aromatic N) is 2. The van der Waals surface area contributed by atoms with E-state index in [1.165, 1.54) is 151 Å². The van der Waals surface area contributed by atoms with Crippen molar-refractivity contribution >= 4 is 24.1 Å². The lowest BCUT2D eigenvalue weighted by Gasteiger charge is -2.08. The summed E-state index contributed by atoms with van der Waals surface area (Å²) >= 11 is 0. The monoisotopic (exact) mass is 690 g/mol. The van der Waals surface area contributed by atoms with E-state index in [-0.39, 0.29) is 9.79 Å². The first-order chi connectivity index (χ1) is 22.8. The van der Waals surface area contributed by atoms with Gasteiger partial charge in [-0.25, -0.2) is 16.8 Å². The number of unbranched alkanes of at least 4 members (excludes halogenated alkanes) is 18. The highest BCUT2D eigenvalue weighted by molar-refractivity contribution is 8.31. The maximum Gasteiger partial charge on any atom is 0.504 e. The Morgan fingerprint density at radius 2 is 0.766 bits per heavy atom. The van der Waals surface area contributed by atoms with E-state index < -0.39 is 24.1 Å². The van der Waals surface area contributed by atoms with Crippen LogP contribution in [0.3, 0.4) is 0 Å². The Bertz CT molecular complexity index is 1280.